The van der Waals surface area contributed by atoms with Crippen molar-refractivity contribution in [2.45, 2.75) is 25.6 Å². The van der Waals surface area contributed by atoms with Crippen LogP contribution in [0.4, 0.5) is 13.2 Å². The number of halogens is 3. The Balaban J connectivity index is 2.70. The molecule has 2 N–H and O–H groups in total. The molecule has 0 radical (unpaired) electrons. The summed E-state index contributed by atoms with van der Waals surface area (Å²) in [7, 11) is 0. The summed E-state index contributed by atoms with van der Waals surface area (Å²) in [6, 6.07) is -0.547. The van der Waals surface area contributed by atoms with E-state index in [0.717, 1.165) is 0 Å². The second kappa shape index (κ2) is 3.33. The fourth-order valence-corrected chi connectivity index (χ4v) is 0.694. The minimum absolute atomic E-state index is 0.0132. The Hall–Kier alpha value is -1.11. The maximum absolute atomic E-state index is 11.8. The molecule has 1 aromatic rings. The van der Waals surface area contributed by atoms with Gasteiger partial charge in [-0.05, 0) is 6.92 Å². The van der Waals surface area contributed by atoms with Crippen molar-refractivity contribution in [2.75, 3.05) is 0 Å². The molecule has 0 amide bonds. The Morgan fingerprint density at radius 2 is 2.08 bits per heavy atom. The first-order valence-electron chi connectivity index (χ1n) is 3.53. The van der Waals surface area contributed by atoms with E-state index in [1.54, 1.807) is 6.92 Å². The van der Waals surface area contributed by atoms with Crippen molar-refractivity contribution in [1.29, 1.82) is 0 Å². The summed E-state index contributed by atoms with van der Waals surface area (Å²) in [5.41, 5.74) is 5.31. The first-order chi connectivity index (χ1) is 5.88. The van der Waals surface area contributed by atoms with Crippen LogP contribution in [-0.4, -0.2) is 16.4 Å². The summed E-state index contributed by atoms with van der Waals surface area (Å²) in [5, 5.41) is 6.56. The van der Waals surface area contributed by atoms with E-state index in [-0.39, 0.29) is 5.89 Å². The lowest BCUT2D eigenvalue weighted by atomic mass is 10.4. The van der Waals surface area contributed by atoms with Crippen LogP contribution in [0.5, 0.6) is 0 Å². The fourth-order valence-electron chi connectivity index (χ4n) is 0.694. The summed E-state index contributed by atoms with van der Waals surface area (Å²) < 4.78 is 40.0. The second-order valence-electron chi connectivity index (χ2n) is 2.61. The molecule has 0 bridgehead atoms. The third kappa shape index (κ3) is 3.02. The molecular weight excluding hydrogens is 187 g/mol. The average molecular weight is 195 g/mol. The second-order valence-corrected chi connectivity index (χ2v) is 2.61. The molecule has 0 fully saturated rings. The Kier molecular flexibility index (Phi) is 2.55. The Labute approximate surface area is 71.9 Å². The van der Waals surface area contributed by atoms with Gasteiger partial charge in [-0.3, -0.25) is 0 Å². The first-order valence-corrected chi connectivity index (χ1v) is 3.53. The van der Waals surface area contributed by atoms with Crippen LogP contribution < -0.4 is 5.73 Å². The van der Waals surface area contributed by atoms with Gasteiger partial charge in [-0.1, -0.05) is 0 Å². The lowest BCUT2D eigenvalue weighted by Gasteiger charge is -2.00. The van der Waals surface area contributed by atoms with E-state index in [0.29, 0.717) is 0 Å². The molecule has 0 aliphatic heterocycles. The van der Waals surface area contributed by atoms with Crippen molar-refractivity contribution in [1.82, 2.24) is 10.2 Å². The number of alkyl halides is 3. The van der Waals surface area contributed by atoms with Crippen LogP contribution >= 0.6 is 0 Å². The Morgan fingerprint density at radius 1 is 1.46 bits per heavy atom. The smallest absolute Gasteiger partial charge is 0.397 e. The Morgan fingerprint density at radius 3 is 2.46 bits per heavy atom. The molecular formula is C6H8F3N3O. The van der Waals surface area contributed by atoms with Crippen LogP contribution in [0.2, 0.25) is 0 Å². The van der Waals surface area contributed by atoms with Crippen LogP contribution in [0.25, 0.3) is 0 Å². The number of aromatic nitrogens is 2. The third-order valence-corrected chi connectivity index (χ3v) is 1.22. The van der Waals surface area contributed by atoms with Gasteiger partial charge in [0.25, 0.3) is 0 Å². The average Bonchev–Trinajstić information content (AvgIpc) is 2.31. The van der Waals surface area contributed by atoms with E-state index in [2.05, 4.69) is 14.6 Å². The zero-order chi connectivity index (χ0) is 10.1. The van der Waals surface area contributed by atoms with Gasteiger partial charge in [0.2, 0.25) is 11.8 Å². The minimum Gasteiger partial charge on any atom is -0.423 e. The number of hydrogen-bond acceptors (Lipinski definition) is 4. The van der Waals surface area contributed by atoms with Crippen LogP contribution in [-0.2, 0) is 6.42 Å². The molecule has 0 aliphatic rings. The van der Waals surface area contributed by atoms with Crippen molar-refractivity contribution in [3.05, 3.63) is 11.8 Å². The highest BCUT2D eigenvalue weighted by molar-refractivity contribution is 4.87. The van der Waals surface area contributed by atoms with Gasteiger partial charge in [-0.25, -0.2) is 0 Å². The number of nitrogens with zero attached hydrogens (tertiary/aromatic N) is 2. The third-order valence-electron chi connectivity index (χ3n) is 1.22. The number of nitrogens with two attached hydrogens (primary N) is 1. The molecule has 13 heavy (non-hydrogen) atoms. The fraction of sp³-hybridized carbons (Fsp3) is 0.667. The summed E-state index contributed by atoms with van der Waals surface area (Å²) in [5.74, 6) is -0.445. The van der Waals surface area contributed by atoms with Crippen molar-refractivity contribution in [3.8, 4) is 0 Å². The van der Waals surface area contributed by atoms with Gasteiger partial charge in [0.05, 0.1) is 6.04 Å². The van der Waals surface area contributed by atoms with Crippen molar-refractivity contribution in [2.24, 2.45) is 5.73 Å². The molecule has 0 aromatic carbocycles. The van der Waals surface area contributed by atoms with Gasteiger partial charge in [0.1, 0.15) is 6.42 Å². The van der Waals surface area contributed by atoms with Crippen molar-refractivity contribution < 1.29 is 17.6 Å². The highest BCUT2D eigenvalue weighted by atomic mass is 19.4. The molecule has 74 valence electrons. The van der Waals surface area contributed by atoms with Crippen LogP contribution in [0.3, 0.4) is 0 Å². The van der Waals surface area contributed by atoms with E-state index < -0.39 is 24.5 Å². The maximum atomic E-state index is 11.8. The largest absolute Gasteiger partial charge is 0.423 e. The molecule has 0 saturated heterocycles. The van der Waals surface area contributed by atoms with E-state index in [1.807, 2.05) is 0 Å². The highest BCUT2D eigenvalue weighted by Crippen LogP contribution is 2.21. The monoisotopic (exact) mass is 195 g/mol. The standard InChI is InChI=1S/C6H8F3N3O/c1-3(10)5-12-11-4(13-5)2-6(7,8)9/h3H,2,10H2,1H3. The van der Waals surface area contributed by atoms with E-state index >= 15 is 0 Å². The molecule has 0 saturated carbocycles. The molecule has 4 nitrogen and oxygen atoms in total. The molecule has 0 aliphatic carbocycles. The summed E-state index contributed by atoms with van der Waals surface area (Å²) in [6.45, 7) is 1.55. The lowest BCUT2D eigenvalue weighted by Crippen LogP contribution is -2.11. The predicted octanol–water partition coefficient (Wildman–Crippen LogP) is 1.19. The molecule has 1 aromatic heterocycles. The normalized spacial score (nSPS) is 14.5. The van der Waals surface area contributed by atoms with Crippen molar-refractivity contribution >= 4 is 0 Å². The Bertz CT molecular complexity index is 281. The van der Waals surface area contributed by atoms with Gasteiger partial charge in [-0.15, -0.1) is 10.2 Å². The van der Waals surface area contributed by atoms with E-state index in [9.17, 15) is 13.2 Å². The van der Waals surface area contributed by atoms with Crippen LogP contribution in [0, 0.1) is 0 Å². The molecule has 1 unspecified atom stereocenters. The summed E-state index contributed by atoms with van der Waals surface area (Å²) in [6.07, 6.45) is -5.55. The van der Waals surface area contributed by atoms with Gasteiger partial charge < -0.3 is 10.2 Å². The molecule has 1 rings (SSSR count). The zero-order valence-corrected chi connectivity index (χ0v) is 6.80. The van der Waals surface area contributed by atoms with E-state index in [1.165, 1.54) is 0 Å². The van der Waals surface area contributed by atoms with Gasteiger partial charge in [-0.2, -0.15) is 13.2 Å². The number of hydrogen-bond donors (Lipinski definition) is 1. The highest BCUT2D eigenvalue weighted by Gasteiger charge is 2.31. The zero-order valence-electron chi connectivity index (χ0n) is 6.80. The first kappa shape index (κ1) is 9.97. The summed E-state index contributed by atoms with van der Waals surface area (Å²) in [4.78, 5) is 0. The minimum atomic E-state index is -4.33. The van der Waals surface area contributed by atoms with Crippen LogP contribution in [0.1, 0.15) is 24.7 Å². The van der Waals surface area contributed by atoms with Crippen LogP contribution in [0.15, 0.2) is 4.42 Å². The van der Waals surface area contributed by atoms with Gasteiger partial charge in [0, 0.05) is 0 Å². The maximum Gasteiger partial charge on any atom is 0.397 e. The molecule has 1 atom stereocenters. The topological polar surface area (TPSA) is 64.9 Å². The van der Waals surface area contributed by atoms with Crippen molar-refractivity contribution in [3.63, 3.8) is 0 Å². The molecule has 0 spiro atoms. The summed E-state index contributed by atoms with van der Waals surface area (Å²) >= 11 is 0. The molecule has 7 heteroatoms. The quantitative estimate of drug-likeness (QED) is 0.769. The van der Waals surface area contributed by atoms with Gasteiger partial charge >= 0.3 is 6.18 Å². The van der Waals surface area contributed by atoms with E-state index in [4.69, 9.17) is 5.73 Å². The predicted molar refractivity (Wildman–Crippen MR) is 36.7 cm³/mol. The SMILES string of the molecule is CC(N)c1nnc(CC(F)(F)F)o1. The molecule has 1 heterocycles. The lowest BCUT2D eigenvalue weighted by molar-refractivity contribution is -0.131. The number of rotatable bonds is 2. The van der Waals surface area contributed by atoms with Gasteiger partial charge in [0.15, 0.2) is 0 Å².